The number of nitrogens with zero attached hydrogens (tertiary/aromatic N) is 2. The lowest BCUT2D eigenvalue weighted by atomic mass is 10.2. The molecule has 0 unspecified atom stereocenters. The van der Waals surface area contributed by atoms with E-state index in [4.69, 9.17) is 9.47 Å². The molecule has 1 aliphatic heterocycles. The predicted octanol–water partition coefficient (Wildman–Crippen LogP) is 2.53. The van der Waals surface area contributed by atoms with E-state index in [9.17, 15) is 4.79 Å². The van der Waals surface area contributed by atoms with E-state index in [0.717, 1.165) is 0 Å². The Bertz CT molecular complexity index is 721. The molecule has 1 aromatic heterocycles. The number of carbonyl (C=O) groups excluding carboxylic acids is 1. The van der Waals surface area contributed by atoms with Gasteiger partial charge in [-0.2, -0.15) is 0 Å². The highest BCUT2D eigenvalue weighted by Crippen LogP contribution is 2.32. The molecule has 0 radical (unpaired) electrons. The Morgan fingerprint density at radius 1 is 1.27 bits per heavy atom. The van der Waals surface area contributed by atoms with Crippen molar-refractivity contribution in [3.8, 4) is 11.5 Å². The van der Waals surface area contributed by atoms with Crippen LogP contribution in [0.3, 0.4) is 0 Å². The Balaban J connectivity index is 1.79. The largest absolute Gasteiger partial charge is 0.486 e. The summed E-state index contributed by atoms with van der Waals surface area (Å²) in [5.41, 5.74) is 1.74. The third-order valence-corrected chi connectivity index (χ3v) is 3.75. The quantitative estimate of drug-likeness (QED) is 0.693. The summed E-state index contributed by atoms with van der Waals surface area (Å²) in [6.45, 7) is 2.84. The fraction of sp³-hybridized carbons (Fsp3) is 0.267. The number of benzene rings is 1. The molecule has 3 rings (SSSR count). The zero-order valence-corrected chi connectivity index (χ0v) is 13.1. The van der Waals surface area contributed by atoms with Crippen LogP contribution in [0.25, 0.3) is 0 Å². The van der Waals surface area contributed by atoms with E-state index in [1.807, 2.05) is 6.26 Å². The van der Waals surface area contributed by atoms with Crippen molar-refractivity contribution in [1.82, 2.24) is 9.97 Å². The van der Waals surface area contributed by atoms with Crippen molar-refractivity contribution in [2.45, 2.75) is 12.1 Å². The van der Waals surface area contributed by atoms with Crippen LogP contribution in [0.5, 0.6) is 11.5 Å². The van der Waals surface area contributed by atoms with Gasteiger partial charge < -0.3 is 14.8 Å². The maximum atomic E-state index is 12.3. The van der Waals surface area contributed by atoms with Gasteiger partial charge in [0.2, 0.25) is 0 Å². The van der Waals surface area contributed by atoms with Crippen molar-refractivity contribution in [3.05, 3.63) is 35.7 Å². The number of amides is 1. The minimum absolute atomic E-state index is 0.248. The minimum Gasteiger partial charge on any atom is -0.486 e. The second-order valence-corrected chi connectivity index (χ2v) is 5.44. The number of fused-ring (bicyclic) bond motifs is 1. The number of rotatable bonds is 3. The summed E-state index contributed by atoms with van der Waals surface area (Å²) in [5.74, 6) is 1.07. The van der Waals surface area contributed by atoms with Gasteiger partial charge in [0.05, 0.1) is 11.3 Å². The summed E-state index contributed by atoms with van der Waals surface area (Å²) in [7, 11) is 0. The zero-order chi connectivity index (χ0) is 15.5. The third-order valence-electron chi connectivity index (χ3n) is 3.18. The van der Waals surface area contributed by atoms with Crippen molar-refractivity contribution in [3.63, 3.8) is 0 Å². The first-order chi connectivity index (χ1) is 10.7. The van der Waals surface area contributed by atoms with Crippen molar-refractivity contribution in [2.75, 3.05) is 24.8 Å². The minimum atomic E-state index is -0.248. The van der Waals surface area contributed by atoms with Gasteiger partial charge in [-0.15, -0.1) is 0 Å². The van der Waals surface area contributed by atoms with Crippen LogP contribution in [-0.2, 0) is 0 Å². The van der Waals surface area contributed by atoms with Gasteiger partial charge in [0, 0.05) is 18.0 Å². The molecule has 22 heavy (non-hydrogen) atoms. The summed E-state index contributed by atoms with van der Waals surface area (Å²) < 4.78 is 11.0. The van der Waals surface area contributed by atoms with E-state index in [2.05, 4.69) is 15.3 Å². The third kappa shape index (κ3) is 2.99. The van der Waals surface area contributed by atoms with Crippen molar-refractivity contribution in [2.24, 2.45) is 0 Å². The smallest absolute Gasteiger partial charge is 0.259 e. The first-order valence-electron chi connectivity index (χ1n) is 6.76. The monoisotopic (exact) mass is 317 g/mol. The molecule has 0 saturated heterocycles. The number of hydrogen-bond acceptors (Lipinski definition) is 6. The second-order valence-electron chi connectivity index (χ2n) is 4.67. The lowest BCUT2D eigenvalue weighted by Gasteiger charge is -2.19. The maximum Gasteiger partial charge on any atom is 0.259 e. The van der Waals surface area contributed by atoms with Crippen LogP contribution in [0, 0.1) is 6.92 Å². The number of anilines is 1. The van der Waals surface area contributed by atoms with Gasteiger partial charge in [-0.1, -0.05) is 11.8 Å². The van der Waals surface area contributed by atoms with Crippen LogP contribution in [0.15, 0.2) is 29.6 Å². The summed E-state index contributed by atoms with van der Waals surface area (Å²) in [6, 6.07) is 5.31. The van der Waals surface area contributed by atoms with Gasteiger partial charge in [-0.3, -0.25) is 4.79 Å². The molecule has 2 aromatic rings. The van der Waals surface area contributed by atoms with E-state index in [0.29, 0.717) is 46.8 Å². The highest BCUT2D eigenvalue weighted by molar-refractivity contribution is 7.98. The van der Waals surface area contributed by atoms with E-state index >= 15 is 0 Å². The van der Waals surface area contributed by atoms with Gasteiger partial charge in [-0.05, 0) is 25.3 Å². The van der Waals surface area contributed by atoms with Crippen LogP contribution in [-0.4, -0.2) is 35.3 Å². The molecule has 2 heterocycles. The molecule has 1 amide bonds. The second kappa shape index (κ2) is 6.23. The van der Waals surface area contributed by atoms with Crippen LogP contribution < -0.4 is 14.8 Å². The highest BCUT2D eigenvalue weighted by Gasteiger charge is 2.15. The fourth-order valence-electron chi connectivity index (χ4n) is 2.09. The normalized spacial score (nSPS) is 12.8. The molecular formula is C15H15N3O3S. The molecule has 114 valence electrons. The van der Waals surface area contributed by atoms with Gasteiger partial charge >= 0.3 is 0 Å². The molecule has 0 spiro atoms. The average Bonchev–Trinajstić information content (AvgIpc) is 2.54. The zero-order valence-electron chi connectivity index (χ0n) is 12.3. The Kier molecular flexibility index (Phi) is 4.15. The molecule has 0 saturated carbocycles. The molecule has 1 aromatic carbocycles. The van der Waals surface area contributed by atoms with Crippen molar-refractivity contribution >= 4 is 23.4 Å². The van der Waals surface area contributed by atoms with Crippen LogP contribution in [0.2, 0.25) is 0 Å². The number of nitrogens with one attached hydrogen (secondary N) is 1. The SMILES string of the molecule is CSc1ncc(C(=O)Nc2ccc3c(c2)OCCO3)c(C)n1. The average molecular weight is 317 g/mol. The lowest BCUT2D eigenvalue weighted by molar-refractivity contribution is 0.102. The molecule has 0 aliphatic carbocycles. The number of hydrogen-bond donors (Lipinski definition) is 1. The molecule has 0 bridgehead atoms. The van der Waals surface area contributed by atoms with Crippen LogP contribution >= 0.6 is 11.8 Å². The molecule has 0 fully saturated rings. The summed E-state index contributed by atoms with van der Waals surface area (Å²) in [4.78, 5) is 20.7. The van der Waals surface area contributed by atoms with Gasteiger partial charge in [0.1, 0.15) is 13.2 Å². The Hall–Kier alpha value is -2.28. The number of thioether (sulfide) groups is 1. The summed E-state index contributed by atoms with van der Waals surface area (Å²) >= 11 is 1.44. The van der Waals surface area contributed by atoms with E-state index in [-0.39, 0.29) is 5.91 Å². The summed E-state index contributed by atoms with van der Waals surface area (Å²) in [6.07, 6.45) is 3.44. The van der Waals surface area contributed by atoms with Gasteiger partial charge in [0.15, 0.2) is 16.7 Å². The number of carbonyl (C=O) groups is 1. The molecule has 1 N–H and O–H groups in total. The molecular weight excluding hydrogens is 302 g/mol. The first kappa shape index (κ1) is 14.6. The van der Waals surface area contributed by atoms with Gasteiger partial charge in [0.25, 0.3) is 5.91 Å². The van der Waals surface area contributed by atoms with E-state index < -0.39 is 0 Å². The predicted molar refractivity (Wildman–Crippen MR) is 83.9 cm³/mol. The number of aromatic nitrogens is 2. The maximum absolute atomic E-state index is 12.3. The van der Waals surface area contributed by atoms with E-state index in [1.165, 1.54) is 11.8 Å². The summed E-state index contributed by atoms with van der Waals surface area (Å²) in [5, 5.41) is 3.47. The van der Waals surface area contributed by atoms with Crippen LogP contribution in [0.4, 0.5) is 5.69 Å². The lowest BCUT2D eigenvalue weighted by Crippen LogP contribution is -2.17. The van der Waals surface area contributed by atoms with Crippen molar-refractivity contribution < 1.29 is 14.3 Å². The number of ether oxygens (including phenoxy) is 2. The molecule has 6 nitrogen and oxygen atoms in total. The standard InChI is InChI=1S/C15H15N3O3S/c1-9-11(8-16-15(17-9)22-2)14(19)18-10-3-4-12-13(7-10)21-6-5-20-12/h3-4,7-8H,5-6H2,1-2H3,(H,18,19). The first-order valence-corrected chi connectivity index (χ1v) is 7.98. The molecule has 1 aliphatic rings. The number of aryl methyl sites for hydroxylation is 1. The molecule has 7 heteroatoms. The highest BCUT2D eigenvalue weighted by atomic mass is 32.2. The Morgan fingerprint density at radius 3 is 2.77 bits per heavy atom. The topological polar surface area (TPSA) is 73.3 Å². The Labute approximate surface area is 132 Å². The van der Waals surface area contributed by atoms with Crippen LogP contribution in [0.1, 0.15) is 16.1 Å². The molecule has 0 atom stereocenters. The van der Waals surface area contributed by atoms with Crippen molar-refractivity contribution in [1.29, 1.82) is 0 Å². The van der Waals surface area contributed by atoms with E-state index in [1.54, 1.807) is 31.3 Å². The van der Waals surface area contributed by atoms with Gasteiger partial charge in [-0.25, -0.2) is 9.97 Å². The Morgan fingerprint density at radius 2 is 2.05 bits per heavy atom. The fourth-order valence-corrected chi connectivity index (χ4v) is 2.47.